The first-order chi connectivity index (χ1) is 14.6. The highest BCUT2D eigenvalue weighted by molar-refractivity contribution is 5.93. The number of Topliss-reactive ketones (excluding diaryl/α,β-unsaturated/α-hetero) is 1. The van der Waals surface area contributed by atoms with Crippen LogP contribution in [0.25, 0.3) is 0 Å². The monoisotopic (exact) mass is 454 g/mol. The van der Waals surface area contributed by atoms with Crippen molar-refractivity contribution in [3.05, 3.63) is 0 Å². The van der Waals surface area contributed by atoms with Crippen molar-refractivity contribution in [3.8, 4) is 0 Å². The Morgan fingerprint density at radius 1 is 1.16 bits per heavy atom. The number of aliphatic hydroxyl groups excluding tert-OH is 2. The lowest BCUT2D eigenvalue weighted by Gasteiger charge is -2.51. The fourth-order valence-electron chi connectivity index (χ4n) is 8.33. The number of hydrogen-bond donors (Lipinski definition) is 5. The highest BCUT2D eigenvalue weighted by atomic mass is 16.6. The highest BCUT2D eigenvalue weighted by Crippen LogP contribution is 2.72. The summed E-state index contributed by atoms with van der Waals surface area (Å²) in [5.74, 6) is -4.01. The van der Waals surface area contributed by atoms with Gasteiger partial charge in [-0.05, 0) is 40.0 Å². The summed E-state index contributed by atoms with van der Waals surface area (Å²) in [6.45, 7) is 7.81. The molecule has 1 saturated heterocycles. The molecule has 0 unspecified atom stereocenters. The van der Waals surface area contributed by atoms with E-state index in [2.05, 4.69) is 0 Å². The molecule has 9 nitrogen and oxygen atoms in total. The third-order valence-electron chi connectivity index (χ3n) is 9.83. The summed E-state index contributed by atoms with van der Waals surface area (Å²) >= 11 is 0. The van der Waals surface area contributed by atoms with Crippen LogP contribution in [0.2, 0.25) is 0 Å². The van der Waals surface area contributed by atoms with Gasteiger partial charge in [-0.2, -0.15) is 0 Å². The van der Waals surface area contributed by atoms with Crippen molar-refractivity contribution < 1.29 is 44.6 Å². The highest BCUT2D eigenvalue weighted by Gasteiger charge is 2.85. The number of ketones is 1. The average Bonchev–Trinajstić information content (AvgIpc) is 3.41. The Labute approximate surface area is 186 Å². The van der Waals surface area contributed by atoms with Gasteiger partial charge in [0.15, 0.2) is 5.78 Å². The summed E-state index contributed by atoms with van der Waals surface area (Å²) in [5, 5.41) is 56.4. The first-order valence-corrected chi connectivity index (χ1v) is 11.5. The summed E-state index contributed by atoms with van der Waals surface area (Å²) in [7, 11) is 0. The SMILES string of the molecule is C[C@@H](O)C(=O)O[C@@H]1[C@H]2CC[C@H]3[C@@](C)(O)[C@@H]4[C@@H]5O[C@@H]5C(C)(C)[C@@]4(O)[C@H](O)C(=O)[C@@]13C[C@@]2(C)O. The first-order valence-electron chi connectivity index (χ1n) is 11.5. The van der Waals surface area contributed by atoms with Crippen molar-refractivity contribution >= 4 is 11.8 Å². The maximum absolute atomic E-state index is 14.1. The maximum atomic E-state index is 14.1. The van der Waals surface area contributed by atoms with Gasteiger partial charge in [-0.25, -0.2) is 4.79 Å². The molecular formula is C23H34O9. The van der Waals surface area contributed by atoms with Gasteiger partial charge in [-0.3, -0.25) is 4.79 Å². The van der Waals surface area contributed by atoms with Gasteiger partial charge in [0.1, 0.15) is 23.9 Å². The zero-order valence-electron chi connectivity index (χ0n) is 19.1. The molecule has 0 aromatic rings. The van der Waals surface area contributed by atoms with Gasteiger partial charge in [0.05, 0.1) is 28.8 Å². The van der Waals surface area contributed by atoms with Crippen molar-refractivity contribution in [2.75, 3.05) is 0 Å². The van der Waals surface area contributed by atoms with Crippen LogP contribution in [0.3, 0.4) is 0 Å². The quantitative estimate of drug-likeness (QED) is 0.269. The Morgan fingerprint density at radius 2 is 1.78 bits per heavy atom. The molecule has 0 aromatic heterocycles. The van der Waals surface area contributed by atoms with Crippen LogP contribution in [0, 0.1) is 28.6 Å². The molecule has 1 aliphatic heterocycles. The van der Waals surface area contributed by atoms with Crippen molar-refractivity contribution in [2.24, 2.45) is 28.6 Å². The van der Waals surface area contributed by atoms with Gasteiger partial charge in [-0.15, -0.1) is 0 Å². The van der Waals surface area contributed by atoms with Gasteiger partial charge in [0, 0.05) is 23.2 Å². The summed E-state index contributed by atoms with van der Waals surface area (Å²) in [6, 6.07) is 0. The number of rotatable bonds is 2. The first kappa shape index (κ1) is 22.7. The number of epoxide rings is 1. The van der Waals surface area contributed by atoms with Gasteiger partial charge in [-0.1, -0.05) is 13.8 Å². The number of hydrogen-bond acceptors (Lipinski definition) is 9. The van der Waals surface area contributed by atoms with E-state index >= 15 is 0 Å². The largest absolute Gasteiger partial charge is 0.459 e. The topological polar surface area (TPSA) is 157 Å². The molecule has 5 rings (SSSR count). The van der Waals surface area contributed by atoms with Gasteiger partial charge >= 0.3 is 5.97 Å². The molecule has 0 amide bonds. The van der Waals surface area contributed by atoms with Crippen LogP contribution in [0.4, 0.5) is 0 Å². The molecule has 5 aliphatic rings. The summed E-state index contributed by atoms with van der Waals surface area (Å²) in [6.07, 6.45) is -4.76. The smallest absolute Gasteiger partial charge is 0.334 e. The molecule has 5 fully saturated rings. The third-order valence-corrected chi connectivity index (χ3v) is 9.83. The summed E-state index contributed by atoms with van der Waals surface area (Å²) in [5.41, 5.74) is -7.65. The fourth-order valence-corrected chi connectivity index (χ4v) is 8.33. The fraction of sp³-hybridized carbons (Fsp3) is 0.913. The van der Waals surface area contributed by atoms with E-state index in [0.717, 1.165) is 0 Å². The average molecular weight is 455 g/mol. The summed E-state index contributed by atoms with van der Waals surface area (Å²) in [4.78, 5) is 26.5. The standard InChI is InChI=1S/C23H34O9/c1-9(24)18(27)32-16-10-6-7-11-21(5,29)13-12-17(31-12)19(2,3)23(13,30)15(26)14(25)22(11,16)8-20(10,4)28/h9-13,15-17,24,26,28-30H,6-8H2,1-5H3/t9-,10-,11+,12+,13+,15-,16-,17+,20-,21-,22+,23+/m1/s1. The second-order valence-electron chi connectivity index (χ2n) is 11.9. The van der Waals surface area contributed by atoms with Crippen LogP contribution in [0.15, 0.2) is 0 Å². The molecule has 1 spiro atoms. The third kappa shape index (κ3) is 2.30. The van der Waals surface area contributed by atoms with Crippen LogP contribution in [-0.4, -0.2) is 84.6 Å². The van der Waals surface area contributed by atoms with Crippen molar-refractivity contribution in [2.45, 2.75) is 101 Å². The Kier molecular flexibility index (Phi) is 4.33. The zero-order valence-corrected chi connectivity index (χ0v) is 19.1. The minimum Gasteiger partial charge on any atom is -0.459 e. The molecule has 0 radical (unpaired) electrons. The summed E-state index contributed by atoms with van der Waals surface area (Å²) < 4.78 is 11.4. The number of fused-ring (bicyclic) bond motifs is 4. The zero-order chi connectivity index (χ0) is 23.8. The van der Waals surface area contributed by atoms with Crippen LogP contribution >= 0.6 is 0 Å². The number of carbonyl (C=O) groups is 2. The van der Waals surface area contributed by atoms with E-state index in [1.165, 1.54) is 6.92 Å². The molecule has 9 heteroatoms. The molecule has 2 bridgehead atoms. The van der Waals surface area contributed by atoms with E-state index in [0.29, 0.717) is 12.8 Å². The number of ether oxygens (including phenoxy) is 2. The van der Waals surface area contributed by atoms with Crippen molar-refractivity contribution in [1.82, 2.24) is 0 Å². The molecule has 0 aromatic carbocycles. The Hall–Kier alpha value is -1.10. The van der Waals surface area contributed by atoms with Crippen LogP contribution < -0.4 is 0 Å². The Morgan fingerprint density at radius 3 is 2.38 bits per heavy atom. The van der Waals surface area contributed by atoms with Gasteiger partial charge in [0.2, 0.25) is 0 Å². The van der Waals surface area contributed by atoms with E-state index in [-0.39, 0.29) is 6.42 Å². The van der Waals surface area contributed by atoms with Crippen LogP contribution in [-0.2, 0) is 19.1 Å². The number of aliphatic hydroxyl groups is 5. The van der Waals surface area contributed by atoms with Crippen LogP contribution in [0.5, 0.6) is 0 Å². The lowest BCUT2D eigenvalue weighted by atomic mass is 9.57. The second-order valence-corrected chi connectivity index (χ2v) is 11.9. The molecule has 1 heterocycles. The molecule has 32 heavy (non-hydrogen) atoms. The molecule has 12 atom stereocenters. The predicted octanol–water partition coefficient (Wildman–Crippen LogP) is -0.705. The van der Waals surface area contributed by atoms with E-state index < -0.39 is 87.7 Å². The number of carbonyl (C=O) groups excluding carboxylic acids is 2. The predicted molar refractivity (Wildman–Crippen MR) is 108 cm³/mol. The minimum absolute atomic E-state index is 0.128. The van der Waals surface area contributed by atoms with Crippen LogP contribution in [0.1, 0.15) is 53.9 Å². The lowest BCUT2D eigenvalue weighted by molar-refractivity contribution is -0.222. The molecule has 4 saturated carbocycles. The lowest BCUT2D eigenvalue weighted by Crippen LogP contribution is -2.63. The molecular weight excluding hydrogens is 420 g/mol. The Bertz CT molecular complexity index is 879. The molecule has 4 aliphatic carbocycles. The maximum Gasteiger partial charge on any atom is 0.334 e. The van der Waals surface area contributed by atoms with Gasteiger partial charge in [0.25, 0.3) is 0 Å². The molecule has 5 N–H and O–H groups in total. The normalized spacial score (nSPS) is 58.3. The minimum atomic E-state index is -1.96. The van der Waals surface area contributed by atoms with E-state index in [1.807, 2.05) is 0 Å². The van der Waals surface area contributed by atoms with E-state index in [1.54, 1.807) is 27.7 Å². The van der Waals surface area contributed by atoms with Gasteiger partial charge < -0.3 is 35.0 Å². The van der Waals surface area contributed by atoms with Crippen molar-refractivity contribution in [3.63, 3.8) is 0 Å². The van der Waals surface area contributed by atoms with Crippen molar-refractivity contribution in [1.29, 1.82) is 0 Å². The second kappa shape index (κ2) is 6.12. The van der Waals surface area contributed by atoms with E-state index in [4.69, 9.17) is 9.47 Å². The number of esters is 1. The molecule has 180 valence electrons. The Balaban J connectivity index is 1.71. The van der Waals surface area contributed by atoms with E-state index in [9.17, 15) is 35.1 Å².